The molecule has 29 heavy (non-hydrogen) atoms. The monoisotopic (exact) mass is 394 g/mol. The topological polar surface area (TPSA) is 83.8 Å². The maximum Gasteiger partial charge on any atom is 0.339 e. The van der Waals surface area contributed by atoms with E-state index in [9.17, 15) is 19.8 Å². The summed E-state index contributed by atoms with van der Waals surface area (Å²) in [4.78, 5) is 25.8. The number of hydrogen-bond acceptors (Lipinski definition) is 5. The number of aliphatic hydroxyl groups is 2. The fourth-order valence-electron chi connectivity index (χ4n) is 3.98. The maximum atomic E-state index is 13.0. The molecular weight excluding hydrogens is 368 g/mol. The number of hydrogen-bond donors (Lipinski definition) is 2. The number of carbonyl (C=O) groups is 2. The molecule has 152 valence electrons. The van der Waals surface area contributed by atoms with Crippen LogP contribution in [0.1, 0.15) is 49.8 Å². The minimum atomic E-state index is -1.22. The first-order valence-electron chi connectivity index (χ1n) is 9.95. The van der Waals surface area contributed by atoms with E-state index in [0.29, 0.717) is 18.4 Å². The normalized spacial score (nSPS) is 20.2. The summed E-state index contributed by atoms with van der Waals surface area (Å²) in [5.41, 5.74) is 1.45. The zero-order valence-corrected chi connectivity index (χ0v) is 16.6. The third kappa shape index (κ3) is 4.10. The number of Topliss-reactive ketones (excluding diaryl/α,β-unsaturated/α-hetero) is 1. The van der Waals surface area contributed by atoms with Crippen molar-refractivity contribution in [2.75, 3.05) is 0 Å². The van der Waals surface area contributed by atoms with Crippen LogP contribution in [-0.2, 0) is 14.3 Å². The van der Waals surface area contributed by atoms with Crippen molar-refractivity contribution in [2.45, 2.75) is 44.8 Å². The van der Waals surface area contributed by atoms with Crippen LogP contribution in [0.15, 0.2) is 72.0 Å². The van der Waals surface area contributed by atoms with Gasteiger partial charge in [-0.15, -0.1) is 0 Å². The minimum Gasteiger partial charge on any atom is -0.504 e. The smallest absolute Gasteiger partial charge is 0.339 e. The van der Waals surface area contributed by atoms with Gasteiger partial charge in [0.05, 0.1) is 11.7 Å². The van der Waals surface area contributed by atoms with Gasteiger partial charge in [-0.05, 0) is 24.0 Å². The van der Waals surface area contributed by atoms with Gasteiger partial charge in [0.1, 0.15) is 0 Å². The Morgan fingerprint density at radius 2 is 1.45 bits per heavy atom. The summed E-state index contributed by atoms with van der Waals surface area (Å²) in [6.07, 6.45) is -1.29. The predicted octanol–water partition coefficient (Wildman–Crippen LogP) is 4.25. The number of carbonyl (C=O) groups excluding carboxylic acids is 2. The van der Waals surface area contributed by atoms with Crippen LogP contribution in [0.2, 0.25) is 0 Å². The van der Waals surface area contributed by atoms with E-state index in [0.717, 1.165) is 5.56 Å². The Labute approximate surface area is 170 Å². The summed E-state index contributed by atoms with van der Waals surface area (Å²) in [5.74, 6) is -3.01. The van der Waals surface area contributed by atoms with E-state index >= 15 is 0 Å². The first kappa shape index (κ1) is 20.8. The lowest BCUT2D eigenvalue weighted by Gasteiger charge is -2.33. The highest BCUT2D eigenvalue weighted by Gasteiger charge is 2.45. The average Bonchev–Trinajstić information content (AvgIpc) is 2.76. The SMILES string of the molecule is CC[C@H](C1=C(O)C(=O)C([C@H](CC)[C@H](O)c2ccccc2)OC1=O)c1ccccc1. The van der Waals surface area contributed by atoms with Crippen molar-refractivity contribution in [2.24, 2.45) is 5.92 Å². The molecule has 0 saturated carbocycles. The zero-order chi connectivity index (χ0) is 21.0. The molecule has 3 rings (SSSR count). The van der Waals surface area contributed by atoms with Gasteiger partial charge < -0.3 is 14.9 Å². The summed E-state index contributed by atoms with van der Waals surface area (Å²) in [7, 11) is 0. The second-order valence-electron chi connectivity index (χ2n) is 7.25. The van der Waals surface area contributed by atoms with Crippen molar-refractivity contribution in [1.82, 2.24) is 0 Å². The van der Waals surface area contributed by atoms with E-state index in [4.69, 9.17) is 4.74 Å². The van der Waals surface area contributed by atoms with Gasteiger partial charge in [-0.25, -0.2) is 4.79 Å². The van der Waals surface area contributed by atoms with Gasteiger partial charge in [-0.2, -0.15) is 0 Å². The summed E-state index contributed by atoms with van der Waals surface area (Å²) in [6.45, 7) is 3.70. The van der Waals surface area contributed by atoms with Crippen LogP contribution in [0, 0.1) is 5.92 Å². The number of esters is 1. The lowest BCUT2D eigenvalue weighted by atomic mass is 9.81. The van der Waals surface area contributed by atoms with Crippen molar-refractivity contribution in [3.63, 3.8) is 0 Å². The second-order valence-corrected chi connectivity index (χ2v) is 7.25. The Kier molecular flexibility index (Phi) is 6.49. The third-order valence-electron chi connectivity index (χ3n) is 5.57. The standard InChI is InChI=1S/C24H26O5/c1-3-17(15-11-7-5-8-12-15)19-21(26)22(27)23(29-24(19)28)18(4-2)20(25)16-13-9-6-10-14-16/h5-14,17-18,20,23,25-26H,3-4H2,1-2H3/t17-,18+,20+,23?/m0/s1. The molecule has 0 spiro atoms. The second kappa shape index (κ2) is 9.05. The molecule has 5 heteroatoms. The average molecular weight is 394 g/mol. The molecule has 2 aromatic rings. The minimum absolute atomic E-state index is 0.0102. The van der Waals surface area contributed by atoms with E-state index in [1.165, 1.54) is 0 Å². The molecule has 1 aliphatic rings. The molecule has 1 aliphatic heterocycles. The molecule has 0 bridgehead atoms. The summed E-state index contributed by atoms with van der Waals surface area (Å²) in [5, 5.41) is 21.5. The fourth-order valence-corrected chi connectivity index (χ4v) is 3.98. The van der Waals surface area contributed by atoms with E-state index in [1.807, 2.05) is 50.2 Å². The van der Waals surface area contributed by atoms with E-state index < -0.39 is 41.6 Å². The summed E-state index contributed by atoms with van der Waals surface area (Å²) >= 11 is 0. The maximum absolute atomic E-state index is 13.0. The van der Waals surface area contributed by atoms with Gasteiger partial charge in [0.15, 0.2) is 11.9 Å². The van der Waals surface area contributed by atoms with Crippen molar-refractivity contribution < 1.29 is 24.5 Å². The molecule has 5 nitrogen and oxygen atoms in total. The molecule has 2 N–H and O–H groups in total. The highest BCUT2D eigenvalue weighted by atomic mass is 16.6. The molecule has 0 radical (unpaired) electrons. The summed E-state index contributed by atoms with van der Waals surface area (Å²) < 4.78 is 5.52. The Morgan fingerprint density at radius 3 is 1.97 bits per heavy atom. The lowest BCUT2D eigenvalue weighted by molar-refractivity contribution is -0.161. The molecule has 0 aromatic heterocycles. The molecular formula is C24H26O5. The molecule has 2 aromatic carbocycles. The molecule has 0 saturated heterocycles. The van der Waals surface area contributed by atoms with Gasteiger partial charge in [0, 0.05) is 11.8 Å². The Hall–Kier alpha value is -2.92. The van der Waals surface area contributed by atoms with Crippen molar-refractivity contribution in [3.05, 3.63) is 83.1 Å². The van der Waals surface area contributed by atoms with Crippen molar-refractivity contribution in [1.29, 1.82) is 0 Å². The number of aliphatic hydroxyl groups excluding tert-OH is 2. The van der Waals surface area contributed by atoms with Crippen LogP contribution in [0.4, 0.5) is 0 Å². The molecule has 0 fully saturated rings. The molecule has 0 aliphatic carbocycles. The van der Waals surface area contributed by atoms with Gasteiger partial charge in [-0.3, -0.25) is 4.79 Å². The molecule has 1 heterocycles. The Bertz CT molecular complexity index is 888. The van der Waals surface area contributed by atoms with Crippen LogP contribution >= 0.6 is 0 Å². The Morgan fingerprint density at radius 1 is 0.897 bits per heavy atom. The van der Waals surface area contributed by atoms with Gasteiger partial charge in [0.2, 0.25) is 5.78 Å². The number of cyclic esters (lactones) is 1. The first-order valence-corrected chi connectivity index (χ1v) is 9.95. The summed E-state index contributed by atoms with van der Waals surface area (Å²) in [6, 6.07) is 18.2. The molecule has 0 amide bonds. The number of ketones is 1. The van der Waals surface area contributed by atoms with Gasteiger partial charge in [-0.1, -0.05) is 74.5 Å². The molecule has 1 unspecified atom stereocenters. The molecule has 4 atom stereocenters. The van der Waals surface area contributed by atoms with E-state index in [1.54, 1.807) is 24.3 Å². The van der Waals surface area contributed by atoms with Crippen LogP contribution in [-0.4, -0.2) is 28.1 Å². The number of ether oxygens (including phenoxy) is 1. The predicted molar refractivity (Wildman–Crippen MR) is 109 cm³/mol. The van der Waals surface area contributed by atoms with Gasteiger partial charge in [0.25, 0.3) is 0 Å². The number of benzene rings is 2. The highest BCUT2D eigenvalue weighted by molar-refractivity contribution is 6.09. The van der Waals surface area contributed by atoms with E-state index in [2.05, 4.69) is 0 Å². The Balaban J connectivity index is 1.94. The number of rotatable bonds is 7. The van der Waals surface area contributed by atoms with Crippen molar-refractivity contribution in [3.8, 4) is 0 Å². The largest absolute Gasteiger partial charge is 0.504 e. The highest BCUT2D eigenvalue weighted by Crippen LogP contribution is 2.38. The third-order valence-corrected chi connectivity index (χ3v) is 5.57. The van der Waals surface area contributed by atoms with Crippen LogP contribution in [0.5, 0.6) is 0 Å². The zero-order valence-electron chi connectivity index (χ0n) is 16.6. The fraction of sp³-hybridized carbons (Fsp3) is 0.333. The van der Waals surface area contributed by atoms with E-state index in [-0.39, 0.29) is 5.57 Å². The van der Waals surface area contributed by atoms with Crippen molar-refractivity contribution >= 4 is 11.8 Å². The van der Waals surface area contributed by atoms with Gasteiger partial charge >= 0.3 is 5.97 Å². The quantitative estimate of drug-likeness (QED) is 0.686. The van der Waals surface area contributed by atoms with Crippen LogP contribution < -0.4 is 0 Å². The first-order chi connectivity index (χ1) is 14.0. The lowest BCUT2D eigenvalue weighted by Crippen LogP contribution is -2.43. The van der Waals surface area contributed by atoms with Crippen LogP contribution in [0.25, 0.3) is 0 Å². The van der Waals surface area contributed by atoms with Crippen LogP contribution in [0.3, 0.4) is 0 Å².